The van der Waals surface area contributed by atoms with Crippen molar-refractivity contribution in [2.24, 2.45) is 0 Å². The molecule has 1 heterocycles. The SMILES string of the molecule is O=C(CSc1nnc(Cc2ccccc2Nc2c(Cl)cccc2Cl)o1)c1cccc([N+](=O)[O-])c1. The number of rotatable bonds is 9. The first kappa shape index (κ1) is 23.7. The summed E-state index contributed by atoms with van der Waals surface area (Å²) in [5, 5.41) is 23.4. The standard InChI is InChI=1S/C23H16Cl2N4O4S/c24-17-8-4-9-18(25)22(17)26-19-10-2-1-5-14(19)12-21-27-28-23(33-21)34-13-20(30)15-6-3-7-16(11-15)29(31)32/h1-11,26H,12-13H2. The monoisotopic (exact) mass is 514 g/mol. The Labute approximate surface area is 208 Å². The number of non-ortho nitro benzene ring substituents is 1. The van der Waals surface area contributed by atoms with Gasteiger partial charge in [0.1, 0.15) is 0 Å². The average Bonchev–Trinajstić information content (AvgIpc) is 3.28. The van der Waals surface area contributed by atoms with Gasteiger partial charge in [-0.2, -0.15) is 0 Å². The molecule has 11 heteroatoms. The lowest BCUT2D eigenvalue weighted by Crippen LogP contribution is -2.03. The van der Waals surface area contributed by atoms with Gasteiger partial charge in [0.25, 0.3) is 10.9 Å². The molecular weight excluding hydrogens is 499 g/mol. The maximum Gasteiger partial charge on any atom is 0.277 e. The molecule has 0 aliphatic rings. The molecule has 4 rings (SSSR count). The van der Waals surface area contributed by atoms with Gasteiger partial charge in [0.15, 0.2) is 5.78 Å². The Morgan fingerprint density at radius 2 is 1.76 bits per heavy atom. The van der Waals surface area contributed by atoms with Crippen molar-refractivity contribution in [2.45, 2.75) is 11.6 Å². The van der Waals surface area contributed by atoms with Gasteiger partial charge >= 0.3 is 0 Å². The minimum Gasteiger partial charge on any atom is -0.416 e. The van der Waals surface area contributed by atoms with Gasteiger partial charge in [-0.25, -0.2) is 0 Å². The van der Waals surface area contributed by atoms with Crippen molar-refractivity contribution < 1.29 is 14.1 Å². The van der Waals surface area contributed by atoms with Crippen LogP contribution in [0.25, 0.3) is 0 Å². The molecule has 0 aliphatic carbocycles. The second-order valence-electron chi connectivity index (χ2n) is 7.04. The van der Waals surface area contributed by atoms with Crippen LogP contribution < -0.4 is 5.32 Å². The minimum atomic E-state index is -0.541. The third kappa shape index (κ3) is 5.74. The number of Topliss-reactive ketones (excluding diaryl/α,β-unsaturated/α-hetero) is 1. The van der Waals surface area contributed by atoms with Crippen molar-refractivity contribution in [1.82, 2.24) is 10.2 Å². The average molecular weight is 515 g/mol. The van der Waals surface area contributed by atoms with E-state index in [1.54, 1.807) is 18.2 Å². The van der Waals surface area contributed by atoms with Crippen molar-refractivity contribution in [1.29, 1.82) is 0 Å². The summed E-state index contributed by atoms with van der Waals surface area (Å²) in [6.07, 6.45) is 0.345. The first-order chi connectivity index (χ1) is 16.4. The number of para-hydroxylation sites is 2. The van der Waals surface area contributed by atoms with Crippen LogP contribution in [0.3, 0.4) is 0 Å². The van der Waals surface area contributed by atoms with Gasteiger partial charge < -0.3 is 9.73 Å². The zero-order valence-corrected chi connectivity index (χ0v) is 19.7. The maximum absolute atomic E-state index is 12.4. The highest BCUT2D eigenvalue weighted by Gasteiger charge is 2.16. The Morgan fingerprint density at radius 1 is 1.03 bits per heavy atom. The topological polar surface area (TPSA) is 111 Å². The molecule has 0 saturated carbocycles. The number of carbonyl (C=O) groups excluding carboxylic acids is 1. The highest BCUT2D eigenvalue weighted by molar-refractivity contribution is 7.99. The number of hydrogen-bond donors (Lipinski definition) is 1. The molecule has 0 atom stereocenters. The summed E-state index contributed by atoms with van der Waals surface area (Å²) >= 11 is 13.6. The van der Waals surface area contributed by atoms with E-state index in [1.165, 1.54) is 24.3 Å². The van der Waals surface area contributed by atoms with Crippen LogP contribution in [0.5, 0.6) is 0 Å². The van der Waals surface area contributed by atoms with Crippen LogP contribution in [-0.4, -0.2) is 26.7 Å². The molecular formula is C23H16Cl2N4O4S. The zero-order valence-electron chi connectivity index (χ0n) is 17.4. The second kappa shape index (κ2) is 10.7. The smallest absolute Gasteiger partial charge is 0.277 e. The number of carbonyl (C=O) groups is 1. The van der Waals surface area contributed by atoms with Gasteiger partial charge in [-0.3, -0.25) is 14.9 Å². The van der Waals surface area contributed by atoms with Crippen LogP contribution in [0.15, 0.2) is 76.4 Å². The number of benzene rings is 3. The van der Waals surface area contributed by atoms with Crippen molar-refractivity contribution in [2.75, 3.05) is 11.1 Å². The predicted molar refractivity (Wildman–Crippen MR) is 131 cm³/mol. The Balaban J connectivity index is 1.42. The van der Waals surface area contributed by atoms with Gasteiger partial charge in [0.05, 0.1) is 32.8 Å². The summed E-state index contributed by atoms with van der Waals surface area (Å²) in [5.74, 6) is 0.0933. The number of ketones is 1. The second-order valence-corrected chi connectivity index (χ2v) is 8.78. The third-order valence-electron chi connectivity index (χ3n) is 4.74. The van der Waals surface area contributed by atoms with Gasteiger partial charge in [-0.15, -0.1) is 10.2 Å². The van der Waals surface area contributed by atoms with Gasteiger partial charge in [-0.05, 0) is 23.8 Å². The Hall–Kier alpha value is -3.40. The number of thioether (sulfide) groups is 1. The van der Waals surface area contributed by atoms with E-state index < -0.39 is 4.92 Å². The quantitative estimate of drug-likeness (QED) is 0.115. The van der Waals surface area contributed by atoms with E-state index in [0.29, 0.717) is 28.0 Å². The molecule has 0 bridgehead atoms. The zero-order chi connectivity index (χ0) is 24.1. The molecule has 0 amide bonds. The summed E-state index contributed by atoms with van der Waals surface area (Å²) < 4.78 is 5.69. The highest BCUT2D eigenvalue weighted by Crippen LogP contribution is 2.34. The first-order valence-electron chi connectivity index (χ1n) is 9.92. The van der Waals surface area contributed by atoms with E-state index in [1.807, 2.05) is 24.3 Å². The Morgan fingerprint density at radius 3 is 2.53 bits per heavy atom. The molecule has 0 unspecified atom stereocenters. The highest BCUT2D eigenvalue weighted by atomic mass is 35.5. The fraction of sp³-hybridized carbons (Fsp3) is 0.0870. The van der Waals surface area contributed by atoms with Crippen molar-refractivity contribution >= 4 is 57.8 Å². The summed E-state index contributed by atoms with van der Waals surface area (Å²) in [7, 11) is 0. The van der Waals surface area contributed by atoms with Crippen LogP contribution in [0.1, 0.15) is 21.8 Å². The number of nitro benzene ring substituents is 1. The van der Waals surface area contributed by atoms with Crippen LogP contribution in [0.2, 0.25) is 10.0 Å². The van der Waals surface area contributed by atoms with Crippen LogP contribution in [-0.2, 0) is 6.42 Å². The molecule has 0 spiro atoms. The number of nitrogens with zero attached hydrogens (tertiary/aromatic N) is 3. The number of nitro groups is 1. The van der Waals surface area contributed by atoms with Crippen molar-refractivity contribution in [3.63, 3.8) is 0 Å². The maximum atomic E-state index is 12.4. The lowest BCUT2D eigenvalue weighted by molar-refractivity contribution is -0.384. The summed E-state index contributed by atoms with van der Waals surface area (Å²) in [5.41, 5.74) is 2.37. The van der Waals surface area contributed by atoms with E-state index >= 15 is 0 Å². The lowest BCUT2D eigenvalue weighted by atomic mass is 10.1. The normalized spacial score (nSPS) is 10.8. The van der Waals surface area contributed by atoms with E-state index in [9.17, 15) is 14.9 Å². The molecule has 0 radical (unpaired) electrons. The third-order valence-corrected chi connectivity index (χ3v) is 6.18. The Bertz CT molecular complexity index is 1340. The molecule has 34 heavy (non-hydrogen) atoms. The van der Waals surface area contributed by atoms with E-state index in [2.05, 4.69) is 15.5 Å². The molecule has 0 saturated heterocycles. The first-order valence-corrected chi connectivity index (χ1v) is 11.7. The predicted octanol–water partition coefficient (Wildman–Crippen LogP) is 6.59. The summed E-state index contributed by atoms with van der Waals surface area (Å²) in [6, 6.07) is 18.4. The van der Waals surface area contributed by atoms with Crippen molar-refractivity contribution in [3.8, 4) is 0 Å². The fourth-order valence-electron chi connectivity index (χ4n) is 3.08. The molecule has 1 N–H and O–H groups in total. The molecule has 3 aromatic carbocycles. The minimum absolute atomic E-state index is 0.00590. The number of hydrogen-bond acceptors (Lipinski definition) is 8. The molecule has 0 aliphatic heterocycles. The van der Waals surface area contributed by atoms with Gasteiger partial charge in [0.2, 0.25) is 5.89 Å². The van der Waals surface area contributed by atoms with E-state index in [4.69, 9.17) is 27.6 Å². The summed E-state index contributed by atoms with van der Waals surface area (Å²) in [6.45, 7) is 0. The largest absolute Gasteiger partial charge is 0.416 e. The van der Waals surface area contributed by atoms with Crippen LogP contribution in [0, 0.1) is 10.1 Å². The molecule has 172 valence electrons. The van der Waals surface area contributed by atoms with Crippen molar-refractivity contribution in [3.05, 3.63) is 104 Å². The number of halogens is 2. The molecule has 8 nitrogen and oxygen atoms in total. The molecule has 4 aromatic rings. The molecule has 0 fully saturated rings. The van der Waals surface area contributed by atoms with Crippen LogP contribution >= 0.6 is 35.0 Å². The van der Waals surface area contributed by atoms with Gasteiger partial charge in [-0.1, -0.05) is 71.4 Å². The van der Waals surface area contributed by atoms with Crippen LogP contribution in [0.4, 0.5) is 17.1 Å². The molecule has 1 aromatic heterocycles. The number of aromatic nitrogens is 2. The number of nitrogens with one attached hydrogen (secondary N) is 1. The van der Waals surface area contributed by atoms with Gasteiger partial charge in [0, 0.05) is 23.4 Å². The lowest BCUT2D eigenvalue weighted by Gasteiger charge is -2.13. The van der Waals surface area contributed by atoms with E-state index in [0.717, 1.165) is 23.0 Å². The summed E-state index contributed by atoms with van der Waals surface area (Å²) in [4.78, 5) is 22.8. The van der Waals surface area contributed by atoms with E-state index in [-0.39, 0.29) is 28.0 Å². The number of anilines is 2. The fourth-order valence-corrected chi connectivity index (χ4v) is 4.25. The Kier molecular flexibility index (Phi) is 7.46.